The minimum Gasteiger partial charge on any atom is -0.397 e. The molecule has 0 amide bonds. The fraction of sp³-hybridized carbons (Fsp3) is 0. The van der Waals surface area contributed by atoms with Crippen LogP contribution < -0.4 is 11.5 Å². The molecular weight excluding hydrogens is 266 g/mol. The van der Waals surface area contributed by atoms with Gasteiger partial charge in [-0.05, 0) is 12.1 Å². The number of thiophene rings is 1. The molecule has 0 spiro atoms. The molecule has 0 atom stereocenters. The summed E-state index contributed by atoms with van der Waals surface area (Å²) in [5.74, 6) is 0. The van der Waals surface area contributed by atoms with E-state index >= 15 is 0 Å². The fourth-order valence-corrected chi connectivity index (χ4v) is 3.73. The molecule has 4 aromatic rings. The lowest BCUT2D eigenvalue weighted by molar-refractivity contribution is 1.48. The molecule has 98 valence electrons. The second kappa shape index (κ2) is 4.02. The van der Waals surface area contributed by atoms with Gasteiger partial charge in [0.25, 0.3) is 0 Å². The van der Waals surface area contributed by atoms with Crippen LogP contribution >= 0.6 is 11.3 Å². The molecule has 2 heterocycles. The third-order valence-electron chi connectivity index (χ3n) is 3.61. The largest absolute Gasteiger partial charge is 0.397 e. The van der Waals surface area contributed by atoms with Crippen LogP contribution in [0.15, 0.2) is 48.5 Å². The standard InChI is InChI=1S/C16H13N3S/c17-13-9-5-1-3-7-11(9)19-15(13)16-14(18)10-6-2-4-8-12(10)20-16/h1-8,19H,17-18H2. The van der Waals surface area contributed by atoms with Crippen molar-refractivity contribution in [2.75, 3.05) is 11.5 Å². The molecule has 0 aliphatic heterocycles. The lowest BCUT2D eigenvalue weighted by atomic mass is 10.2. The Kier molecular flexibility index (Phi) is 2.28. The Balaban J connectivity index is 2.06. The number of rotatable bonds is 1. The van der Waals surface area contributed by atoms with E-state index in [1.807, 2.05) is 42.5 Å². The van der Waals surface area contributed by atoms with Gasteiger partial charge in [-0.25, -0.2) is 0 Å². The minimum atomic E-state index is 0.763. The van der Waals surface area contributed by atoms with E-state index in [1.54, 1.807) is 11.3 Å². The molecule has 2 aromatic heterocycles. The van der Waals surface area contributed by atoms with Gasteiger partial charge in [0, 0.05) is 21.0 Å². The predicted molar refractivity (Wildman–Crippen MR) is 87.9 cm³/mol. The fourth-order valence-electron chi connectivity index (χ4n) is 2.59. The Hall–Kier alpha value is -2.46. The van der Waals surface area contributed by atoms with Gasteiger partial charge in [-0.15, -0.1) is 11.3 Å². The molecule has 0 aliphatic carbocycles. The van der Waals surface area contributed by atoms with Gasteiger partial charge < -0.3 is 16.5 Å². The first-order valence-corrected chi connectivity index (χ1v) is 7.21. The zero-order chi connectivity index (χ0) is 13.7. The lowest BCUT2D eigenvalue weighted by Crippen LogP contribution is -1.89. The van der Waals surface area contributed by atoms with E-state index in [-0.39, 0.29) is 0 Å². The smallest absolute Gasteiger partial charge is 0.0821 e. The molecule has 2 aromatic carbocycles. The van der Waals surface area contributed by atoms with Gasteiger partial charge in [-0.2, -0.15) is 0 Å². The molecule has 20 heavy (non-hydrogen) atoms. The van der Waals surface area contributed by atoms with Gasteiger partial charge >= 0.3 is 0 Å². The molecule has 3 nitrogen and oxygen atoms in total. The maximum Gasteiger partial charge on any atom is 0.0821 e. The highest BCUT2D eigenvalue weighted by Crippen LogP contribution is 2.44. The highest BCUT2D eigenvalue weighted by atomic mass is 32.1. The second-order valence-corrected chi connectivity index (χ2v) is 5.85. The number of para-hydroxylation sites is 1. The van der Waals surface area contributed by atoms with Crippen molar-refractivity contribution < 1.29 is 0 Å². The summed E-state index contributed by atoms with van der Waals surface area (Å²) < 4.78 is 1.18. The van der Waals surface area contributed by atoms with Crippen LogP contribution in [-0.2, 0) is 0 Å². The van der Waals surface area contributed by atoms with Crippen molar-refractivity contribution >= 4 is 43.7 Å². The Bertz CT molecular complexity index is 855. The Morgan fingerprint density at radius 1 is 0.800 bits per heavy atom. The number of benzene rings is 2. The monoisotopic (exact) mass is 279 g/mol. The summed E-state index contributed by atoms with van der Waals surface area (Å²) >= 11 is 1.67. The zero-order valence-electron chi connectivity index (χ0n) is 10.7. The number of anilines is 2. The summed E-state index contributed by atoms with van der Waals surface area (Å²) in [6.45, 7) is 0. The van der Waals surface area contributed by atoms with E-state index in [4.69, 9.17) is 11.5 Å². The number of hydrogen-bond acceptors (Lipinski definition) is 3. The number of hydrogen-bond donors (Lipinski definition) is 3. The third-order valence-corrected chi connectivity index (χ3v) is 4.81. The minimum absolute atomic E-state index is 0.763. The molecule has 0 saturated heterocycles. The van der Waals surface area contributed by atoms with Crippen molar-refractivity contribution in [3.8, 4) is 10.6 Å². The van der Waals surface area contributed by atoms with Gasteiger partial charge in [-0.3, -0.25) is 0 Å². The van der Waals surface area contributed by atoms with Crippen molar-refractivity contribution in [2.24, 2.45) is 0 Å². The van der Waals surface area contributed by atoms with E-state index in [2.05, 4.69) is 11.1 Å². The molecular formula is C16H13N3S. The molecule has 0 aliphatic rings. The van der Waals surface area contributed by atoms with Crippen LogP contribution in [0.25, 0.3) is 31.6 Å². The van der Waals surface area contributed by atoms with E-state index < -0.39 is 0 Å². The highest BCUT2D eigenvalue weighted by molar-refractivity contribution is 7.23. The normalized spacial score (nSPS) is 11.4. The third kappa shape index (κ3) is 1.45. The van der Waals surface area contributed by atoms with Crippen LogP contribution in [0, 0.1) is 0 Å². The zero-order valence-corrected chi connectivity index (χ0v) is 11.5. The first kappa shape index (κ1) is 11.4. The average Bonchev–Trinajstić information content (AvgIpc) is 2.98. The molecule has 0 fully saturated rings. The van der Waals surface area contributed by atoms with Gasteiger partial charge in [0.15, 0.2) is 0 Å². The Morgan fingerprint density at radius 2 is 1.50 bits per heavy atom. The number of aromatic amines is 1. The quantitative estimate of drug-likeness (QED) is 0.488. The number of fused-ring (bicyclic) bond motifs is 2. The number of H-pyrrole nitrogens is 1. The van der Waals surface area contributed by atoms with E-state index in [0.717, 1.165) is 38.2 Å². The number of aromatic nitrogens is 1. The second-order valence-electron chi connectivity index (χ2n) is 4.80. The van der Waals surface area contributed by atoms with Gasteiger partial charge in [0.2, 0.25) is 0 Å². The summed E-state index contributed by atoms with van der Waals surface area (Å²) in [7, 11) is 0. The first-order chi connectivity index (χ1) is 9.75. The molecule has 5 N–H and O–H groups in total. The number of nitrogens with one attached hydrogen (secondary N) is 1. The Morgan fingerprint density at radius 3 is 2.25 bits per heavy atom. The summed E-state index contributed by atoms with van der Waals surface area (Å²) in [5, 5.41) is 2.13. The summed E-state index contributed by atoms with van der Waals surface area (Å²) in [6, 6.07) is 16.2. The highest BCUT2D eigenvalue weighted by Gasteiger charge is 2.16. The average molecular weight is 279 g/mol. The Labute approximate surface area is 119 Å². The van der Waals surface area contributed by atoms with Crippen molar-refractivity contribution in [1.82, 2.24) is 4.98 Å². The summed E-state index contributed by atoms with van der Waals surface area (Å²) in [4.78, 5) is 4.40. The van der Waals surface area contributed by atoms with Gasteiger partial charge in [0.05, 0.1) is 21.9 Å². The van der Waals surface area contributed by atoms with Crippen LogP contribution in [-0.4, -0.2) is 4.98 Å². The van der Waals surface area contributed by atoms with Crippen LogP contribution in [0.1, 0.15) is 0 Å². The lowest BCUT2D eigenvalue weighted by Gasteiger charge is -1.98. The molecule has 4 heteroatoms. The maximum absolute atomic E-state index is 6.30. The van der Waals surface area contributed by atoms with E-state index in [0.29, 0.717) is 0 Å². The van der Waals surface area contributed by atoms with Gasteiger partial charge in [-0.1, -0.05) is 36.4 Å². The first-order valence-electron chi connectivity index (χ1n) is 6.39. The summed E-state index contributed by atoms with van der Waals surface area (Å²) in [6.07, 6.45) is 0. The summed E-state index contributed by atoms with van der Waals surface area (Å²) in [5.41, 5.74) is 16.1. The topological polar surface area (TPSA) is 67.8 Å². The van der Waals surface area contributed by atoms with E-state index in [1.165, 1.54) is 4.70 Å². The SMILES string of the molecule is Nc1c(-c2sc3ccccc3c2N)[nH]c2ccccc12. The van der Waals surface area contributed by atoms with Crippen LogP contribution in [0.4, 0.5) is 11.4 Å². The molecule has 0 unspecified atom stereocenters. The molecule has 0 bridgehead atoms. The number of nitrogens with two attached hydrogens (primary N) is 2. The molecule has 0 radical (unpaired) electrons. The van der Waals surface area contributed by atoms with Crippen molar-refractivity contribution in [1.29, 1.82) is 0 Å². The van der Waals surface area contributed by atoms with Crippen LogP contribution in [0.2, 0.25) is 0 Å². The van der Waals surface area contributed by atoms with Crippen molar-refractivity contribution in [3.63, 3.8) is 0 Å². The van der Waals surface area contributed by atoms with Crippen LogP contribution in [0.5, 0.6) is 0 Å². The van der Waals surface area contributed by atoms with Crippen LogP contribution in [0.3, 0.4) is 0 Å². The number of nitrogen functional groups attached to an aromatic ring is 2. The predicted octanol–water partition coefficient (Wildman–Crippen LogP) is 4.21. The van der Waals surface area contributed by atoms with Crippen molar-refractivity contribution in [3.05, 3.63) is 48.5 Å². The maximum atomic E-state index is 6.30. The molecule has 0 saturated carbocycles. The van der Waals surface area contributed by atoms with E-state index in [9.17, 15) is 0 Å². The van der Waals surface area contributed by atoms with Crippen molar-refractivity contribution in [2.45, 2.75) is 0 Å². The van der Waals surface area contributed by atoms with Gasteiger partial charge in [0.1, 0.15) is 0 Å². The molecule has 4 rings (SSSR count).